The van der Waals surface area contributed by atoms with E-state index < -0.39 is 0 Å². The standard InChI is InChI=1S/C16H23NO/c1-10-4-6-15-13(8-10)14-9-11(2)5-7-16(14)17(15)12(3)18/h10-11H,4-9H2,1-3H3/t10-,11-/m0/s1. The largest absolute Gasteiger partial charge is 0.288 e. The normalized spacial score (nSPS) is 26.6. The first-order valence-corrected chi connectivity index (χ1v) is 7.33. The highest BCUT2D eigenvalue weighted by atomic mass is 16.1. The summed E-state index contributed by atoms with van der Waals surface area (Å²) in [6, 6.07) is 0. The molecule has 0 fully saturated rings. The number of hydrogen-bond donors (Lipinski definition) is 0. The number of hydrogen-bond acceptors (Lipinski definition) is 1. The average Bonchev–Trinajstić information content (AvgIpc) is 2.62. The fraction of sp³-hybridized carbons (Fsp3) is 0.688. The van der Waals surface area contributed by atoms with Crippen LogP contribution in [0.2, 0.25) is 0 Å². The van der Waals surface area contributed by atoms with Crippen LogP contribution in [0.1, 0.15) is 60.9 Å². The molecule has 0 saturated carbocycles. The topological polar surface area (TPSA) is 22.0 Å². The van der Waals surface area contributed by atoms with E-state index in [1.165, 1.54) is 48.2 Å². The van der Waals surface area contributed by atoms with E-state index in [-0.39, 0.29) is 5.91 Å². The summed E-state index contributed by atoms with van der Waals surface area (Å²) in [6.07, 6.45) is 7.03. The summed E-state index contributed by atoms with van der Waals surface area (Å²) >= 11 is 0. The van der Waals surface area contributed by atoms with Crippen LogP contribution in [0.5, 0.6) is 0 Å². The van der Waals surface area contributed by atoms with Gasteiger partial charge in [0.2, 0.25) is 5.91 Å². The van der Waals surface area contributed by atoms with Crippen LogP contribution in [-0.4, -0.2) is 10.5 Å². The molecule has 0 bridgehead atoms. The van der Waals surface area contributed by atoms with Crippen LogP contribution in [-0.2, 0) is 25.7 Å². The molecule has 0 aliphatic heterocycles. The number of rotatable bonds is 0. The van der Waals surface area contributed by atoms with E-state index in [1.807, 2.05) is 0 Å². The van der Waals surface area contributed by atoms with Crippen molar-refractivity contribution in [2.75, 3.05) is 0 Å². The van der Waals surface area contributed by atoms with E-state index in [4.69, 9.17) is 0 Å². The van der Waals surface area contributed by atoms with Crippen molar-refractivity contribution in [3.8, 4) is 0 Å². The van der Waals surface area contributed by atoms with E-state index in [0.29, 0.717) is 0 Å². The van der Waals surface area contributed by atoms with Gasteiger partial charge in [-0.25, -0.2) is 0 Å². The van der Waals surface area contributed by atoms with E-state index >= 15 is 0 Å². The number of carbonyl (C=O) groups excluding carboxylic acids is 1. The molecule has 18 heavy (non-hydrogen) atoms. The average molecular weight is 245 g/mol. The van der Waals surface area contributed by atoms with Gasteiger partial charge in [-0.05, 0) is 61.5 Å². The second kappa shape index (κ2) is 4.25. The van der Waals surface area contributed by atoms with Gasteiger partial charge in [0.1, 0.15) is 0 Å². The predicted molar refractivity (Wildman–Crippen MR) is 73.1 cm³/mol. The molecule has 0 saturated heterocycles. The monoisotopic (exact) mass is 245 g/mol. The quantitative estimate of drug-likeness (QED) is 0.686. The van der Waals surface area contributed by atoms with Gasteiger partial charge >= 0.3 is 0 Å². The maximum atomic E-state index is 12.0. The molecule has 1 heterocycles. The van der Waals surface area contributed by atoms with E-state index in [1.54, 1.807) is 6.92 Å². The first-order chi connectivity index (χ1) is 8.58. The lowest BCUT2D eigenvalue weighted by molar-refractivity contribution is 0.0928. The number of aromatic nitrogens is 1. The first kappa shape index (κ1) is 12.0. The van der Waals surface area contributed by atoms with Crippen LogP contribution in [0.25, 0.3) is 0 Å². The molecular weight excluding hydrogens is 222 g/mol. The predicted octanol–water partition coefficient (Wildman–Crippen LogP) is 3.40. The van der Waals surface area contributed by atoms with Crippen LogP contribution in [0.4, 0.5) is 0 Å². The van der Waals surface area contributed by atoms with Crippen molar-refractivity contribution in [1.82, 2.24) is 4.57 Å². The molecule has 2 aliphatic carbocycles. The second-order valence-electron chi connectivity index (χ2n) is 6.40. The van der Waals surface area contributed by atoms with Gasteiger partial charge in [0.25, 0.3) is 0 Å². The molecule has 0 spiro atoms. The Morgan fingerprint density at radius 2 is 1.44 bits per heavy atom. The summed E-state index contributed by atoms with van der Waals surface area (Å²) in [7, 11) is 0. The van der Waals surface area contributed by atoms with E-state index in [0.717, 1.165) is 24.7 Å². The van der Waals surface area contributed by atoms with Crippen LogP contribution in [0.15, 0.2) is 0 Å². The van der Waals surface area contributed by atoms with Crippen molar-refractivity contribution >= 4 is 5.91 Å². The molecule has 2 aliphatic rings. The zero-order valence-corrected chi connectivity index (χ0v) is 11.8. The lowest BCUT2D eigenvalue weighted by Gasteiger charge is -2.22. The van der Waals surface area contributed by atoms with Gasteiger partial charge in [-0.2, -0.15) is 0 Å². The second-order valence-corrected chi connectivity index (χ2v) is 6.40. The molecular formula is C16H23NO. The Balaban J connectivity index is 2.17. The van der Waals surface area contributed by atoms with Crippen LogP contribution >= 0.6 is 0 Å². The molecule has 2 nitrogen and oxygen atoms in total. The fourth-order valence-corrected chi connectivity index (χ4v) is 3.84. The summed E-state index contributed by atoms with van der Waals surface area (Å²) in [4.78, 5) is 12.0. The van der Waals surface area contributed by atoms with Crippen molar-refractivity contribution in [3.63, 3.8) is 0 Å². The van der Waals surface area contributed by atoms with Gasteiger partial charge in [-0.3, -0.25) is 9.36 Å². The Kier molecular flexibility index (Phi) is 2.84. The van der Waals surface area contributed by atoms with Gasteiger partial charge in [-0.15, -0.1) is 0 Å². The molecule has 98 valence electrons. The van der Waals surface area contributed by atoms with Crippen molar-refractivity contribution < 1.29 is 4.79 Å². The van der Waals surface area contributed by atoms with Crippen LogP contribution in [0, 0.1) is 11.8 Å². The minimum Gasteiger partial charge on any atom is -0.288 e. The molecule has 0 aromatic carbocycles. The highest BCUT2D eigenvalue weighted by Crippen LogP contribution is 2.37. The smallest absolute Gasteiger partial charge is 0.227 e. The fourth-order valence-electron chi connectivity index (χ4n) is 3.84. The zero-order valence-electron chi connectivity index (χ0n) is 11.8. The summed E-state index contributed by atoms with van der Waals surface area (Å²) in [5.41, 5.74) is 5.76. The minimum atomic E-state index is 0.219. The molecule has 1 aromatic heterocycles. The minimum absolute atomic E-state index is 0.219. The third-order valence-electron chi connectivity index (χ3n) is 4.77. The van der Waals surface area contributed by atoms with E-state index in [2.05, 4.69) is 18.4 Å². The number of fused-ring (bicyclic) bond motifs is 3. The van der Waals surface area contributed by atoms with Gasteiger partial charge in [0, 0.05) is 18.3 Å². The molecule has 2 atom stereocenters. The first-order valence-electron chi connectivity index (χ1n) is 7.33. The highest BCUT2D eigenvalue weighted by Gasteiger charge is 2.31. The van der Waals surface area contributed by atoms with Gasteiger partial charge in [0.15, 0.2) is 0 Å². The van der Waals surface area contributed by atoms with Crippen molar-refractivity contribution in [2.45, 2.75) is 59.3 Å². The van der Waals surface area contributed by atoms with Crippen molar-refractivity contribution in [1.29, 1.82) is 0 Å². The van der Waals surface area contributed by atoms with Crippen LogP contribution in [0.3, 0.4) is 0 Å². The molecule has 0 amide bonds. The third-order valence-corrected chi connectivity index (χ3v) is 4.77. The Morgan fingerprint density at radius 3 is 1.83 bits per heavy atom. The molecule has 0 unspecified atom stereocenters. The third kappa shape index (κ3) is 1.73. The summed E-state index contributed by atoms with van der Waals surface area (Å²) < 4.78 is 2.06. The zero-order chi connectivity index (χ0) is 12.9. The van der Waals surface area contributed by atoms with Crippen molar-refractivity contribution in [2.24, 2.45) is 11.8 Å². The Morgan fingerprint density at radius 1 is 1.00 bits per heavy atom. The maximum absolute atomic E-state index is 12.0. The number of nitrogens with zero attached hydrogens (tertiary/aromatic N) is 1. The Bertz CT molecular complexity index is 460. The summed E-state index contributed by atoms with van der Waals surface area (Å²) in [5, 5.41) is 0. The lowest BCUT2D eigenvalue weighted by Crippen LogP contribution is -2.18. The lowest BCUT2D eigenvalue weighted by atomic mass is 9.82. The summed E-state index contributed by atoms with van der Waals surface area (Å²) in [6.45, 7) is 6.40. The SMILES string of the molecule is CC(=O)n1c2c(c3c1CC[C@H](C)C3)C[C@@H](C)CC2. The molecule has 0 N–H and O–H groups in total. The molecule has 0 radical (unpaired) electrons. The van der Waals surface area contributed by atoms with Crippen LogP contribution < -0.4 is 0 Å². The van der Waals surface area contributed by atoms with Gasteiger partial charge < -0.3 is 0 Å². The maximum Gasteiger partial charge on any atom is 0.227 e. The van der Waals surface area contributed by atoms with Gasteiger partial charge in [0.05, 0.1) is 0 Å². The number of carbonyl (C=O) groups is 1. The summed E-state index contributed by atoms with van der Waals surface area (Å²) in [5.74, 6) is 1.78. The van der Waals surface area contributed by atoms with Gasteiger partial charge in [-0.1, -0.05) is 13.8 Å². The van der Waals surface area contributed by atoms with E-state index in [9.17, 15) is 4.79 Å². The highest BCUT2D eigenvalue weighted by molar-refractivity contribution is 5.79. The molecule has 2 heteroatoms. The Labute approximate surface area is 109 Å². The molecule has 3 rings (SSSR count). The Hall–Kier alpha value is -1.05. The molecule has 1 aromatic rings. The van der Waals surface area contributed by atoms with Crippen molar-refractivity contribution in [3.05, 3.63) is 22.5 Å².